The SMILES string of the molecule is O=C(NC1CCC(O)CC1)c1c(F)cc(Br)cc1F. The summed E-state index contributed by atoms with van der Waals surface area (Å²) in [7, 11) is 0. The predicted molar refractivity (Wildman–Crippen MR) is 69.8 cm³/mol. The molecule has 2 rings (SSSR count). The Hall–Kier alpha value is -1.01. The zero-order chi connectivity index (χ0) is 14.0. The standard InChI is InChI=1S/C13H14BrF2NO2/c14-7-5-10(15)12(11(16)6-7)13(19)17-8-1-3-9(18)4-2-8/h5-6,8-9,18H,1-4H2,(H,17,19). The number of halogens is 3. The smallest absolute Gasteiger partial charge is 0.257 e. The number of aliphatic hydroxyl groups excluding tert-OH is 1. The highest BCUT2D eigenvalue weighted by atomic mass is 79.9. The first-order valence-electron chi connectivity index (χ1n) is 6.11. The summed E-state index contributed by atoms with van der Waals surface area (Å²) in [6, 6.07) is 1.98. The Bertz CT molecular complexity index is 465. The van der Waals surface area contributed by atoms with E-state index < -0.39 is 23.1 Å². The lowest BCUT2D eigenvalue weighted by atomic mass is 9.93. The molecule has 0 saturated heterocycles. The van der Waals surface area contributed by atoms with Gasteiger partial charge < -0.3 is 10.4 Å². The van der Waals surface area contributed by atoms with Crippen LogP contribution in [0.15, 0.2) is 16.6 Å². The number of carbonyl (C=O) groups excluding carboxylic acids is 1. The third kappa shape index (κ3) is 3.51. The first kappa shape index (κ1) is 14.4. The van der Waals surface area contributed by atoms with Gasteiger partial charge in [0.2, 0.25) is 0 Å². The second-order valence-corrected chi connectivity index (χ2v) is 5.64. The molecule has 0 aromatic heterocycles. The van der Waals surface area contributed by atoms with Gasteiger partial charge in [0.25, 0.3) is 5.91 Å². The molecule has 0 bridgehead atoms. The summed E-state index contributed by atoms with van der Waals surface area (Å²) in [6.45, 7) is 0. The van der Waals surface area contributed by atoms with Gasteiger partial charge in [-0.2, -0.15) is 0 Å². The van der Waals surface area contributed by atoms with E-state index in [4.69, 9.17) is 0 Å². The Morgan fingerprint density at radius 2 is 1.74 bits per heavy atom. The van der Waals surface area contributed by atoms with E-state index >= 15 is 0 Å². The van der Waals surface area contributed by atoms with E-state index in [9.17, 15) is 18.7 Å². The van der Waals surface area contributed by atoms with E-state index in [1.165, 1.54) is 0 Å². The van der Waals surface area contributed by atoms with Crippen molar-refractivity contribution in [1.29, 1.82) is 0 Å². The van der Waals surface area contributed by atoms with Crippen molar-refractivity contribution >= 4 is 21.8 Å². The maximum Gasteiger partial charge on any atom is 0.257 e. The largest absolute Gasteiger partial charge is 0.393 e. The van der Waals surface area contributed by atoms with Crippen molar-refractivity contribution in [1.82, 2.24) is 5.32 Å². The molecule has 3 nitrogen and oxygen atoms in total. The molecule has 1 aromatic rings. The van der Waals surface area contributed by atoms with E-state index in [-0.39, 0.29) is 16.6 Å². The highest BCUT2D eigenvalue weighted by Crippen LogP contribution is 2.22. The fraction of sp³-hybridized carbons (Fsp3) is 0.462. The number of rotatable bonds is 2. The lowest BCUT2D eigenvalue weighted by Gasteiger charge is -2.26. The van der Waals surface area contributed by atoms with Crippen LogP contribution >= 0.6 is 15.9 Å². The molecule has 0 unspecified atom stereocenters. The molecule has 1 saturated carbocycles. The van der Waals surface area contributed by atoms with Crippen molar-refractivity contribution < 1.29 is 18.7 Å². The van der Waals surface area contributed by atoms with Gasteiger partial charge in [-0.3, -0.25) is 4.79 Å². The predicted octanol–water partition coefficient (Wildman–Crippen LogP) is 2.76. The molecule has 1 aliphatic carbocycles. The first-order chi connectivity index (χ1) is 8.97. The van der Waals surface area contributed by atoms with Crippen LogP contribution in [-0.4, -0.2) is 23.2 Å². The number of aliphatic hydroxyl groups is 1. The molecular formula is C13H14BrF2NO2. The summed E-state index contributed by atoms with van der Waals surface area (Å²) in [4.78, 5) is 11.9. The van der Waals surface area contributed by atoms with Crippen LogP contribution < -0.4 is 5.32 Å². The highest BCUT2D eigenvalue weighted by molar-refractivity contribution is 9.10. The second-order valence-electron chi connectivity index (χ2n) is 4.72. The average molecular weight is 334 g/mol. The Morgan fingerprint density at radius 3 is 2.26 bits per heavy atom. The fourth-order valence-electron chi connectivity index (χ4n) is 2.24. The van der Waals surface area contributed by atoms with Crippen molar-refractivity contribution in [2.24, 2.45) is 0 Å². The maximum atomic E-state index is 13.6. The van der Waals surface area contributed by atoms with Gasteiger partial charge in [-0.15, -0.1) is 0 Å². The molecule has 1 aromatic carbocycles. The van der Waals surface area contributed by atoms with Gasteiger partial charge in [0.15, 0.2) is 0 Å². The van der Waals surface area contributed by atoms with Crippen LogP contribution in [0.2, 0.25) is 0 Å². The Morgan fingerprint density at radius 1 is 1.21 bits per heavy atom. The highest BCUT2D eigenvalue weighted by Gasteiger charge is 2.24. The summed E-state index contributed by atoms with van der Waals surface area (Å²) < 4.78 is 27.5. The quantitative estimate of drug-likeness (QED) is 0.874. The molecular weight excluding hydrogens is 320 g/mol. The van der Waals surface area contributed by atoms with E-state index in [1.54, 1.807) is 0 Å². The molecule has 2 N–H and O–H groups in total. The molecule has 0 spiro atoms. The molecule has 1 aliphatic rings. The molecule has 0 aliphatic heterocycles. The van der Waals surface area contributed by atoms with E-state index in [0.29, 0.717) is 25.7 Å². The third-order valence-electron chi connectivity index (χ3n) is 3.27. The van der Waals surface area contributed by atoms with Crippen LogP contribution in [0.25, 0.3) is 0 Å². The Kier molecular flexibility index (Phi) is 4.52. The van der Waals surface area contributed by atoms with Gasteiger partial charge in [0.05, 0.1) is 6.10 Å². The molecule has 0 atom stereocenters. The van der Waals surface area contributed by atoms with E-state index in [1.807, 2.05) is 0 Å². The van der Waals surface area contributed by atoms with Crippen molar-refractivity contribution in [3.05, 3.63) is 33.8 Å². The lowest BCUT2D eigenvalue weighted by Crippen LogP contribution is -2.39. The van der Waals surface area contributed by atoms with Crippen LogP contribution in [0.4, 0.5) is 8.78 Å². The van der Waals surface area contributed by atoms with Gasteiger partial charge in [-0.05, 0) is 37.8 Å². The van der Waals surface area contributed by atoms with Crippen molar-refractivity contribution in [3.63, 3.8) is 0 Å². The molecule has 104 valence electrons. The number of carbonyl (C=O) groups is 1. The Balaban J connectivity index is 2.08. The molecule has 1 fully saturated rings. The zero-order valence-corrected chi connectivity index (χ0v) is 11.7. The van der Waals surface area contributed by atoms with Gasteiger partial charge >= 0.3 is 0 Å². The Labute approximate surface area is 118 Å². The summed E-state index contributed by atoms with van der Waals surface area (Å²) >= 11 is 2.96. The average Bonchev–Trinajstić information content (AvgIpc) is 2.30. The maximum absolute atomic E-state index is 13.6. The minimum atomic E-state index is -0.889. The third-order valence-corrected chi connectivity index (χ3v) is 3.72. The number of benzene rings is 1. The molecule has 1 amide bonds. The van der Waals surface area contributed by atoms with E-state index in [0.717, 1.165) is 12.1 Å². The minimum Gasteiger partial charge on any atom is -0.393 e. The van der Waals surface area contributed by atoms with Crippen molar-refractivity contribution in [2.75, 3.05) is 0 Å². The number of hydrogen-bond donors (Lipinski definition) is 2. The molecule has 6 heteroatoms. The summed E-state index contributed by atoms with van der Waals surface area (Å²) in [6.07, 6.45) is 2.08. The van der Waals surface area contributed by atoms with Crippen molar-refractivity contribution in [2.45, 2.75) is 37.8 Å². The summed E-state index contributed by atoms with van der Waals surface area (Å²) in [5, 5.41) is 12.0. The lowest BCUT2D eigenvalue weighted by molar-refractivity contribution is 0.0860. The molecule has 19 heavy (non-hydrogen) atoms. The van der Waals surface area contributed by atoms with Crippen LogP contribution in [0.5, 0.6) is 0 Å². The molecule has 0 heterocycles. The van der Waals surface area contributed by atoms with Gasteiger partial charge in [0, 0.05) is 10.5 Å². The van der Waals surface area contributed by atoms with Crippen LogP contribution in [0.1, 0.15) is 36.0 Å². The zero-order valence-electron chi connectivity index (χ0n) is 10.1. The number of nitrogens with one attached hydrogen (secondary N) is 1. The fourth-order valence-corrected chi connectivity index (χ4v) is 2.64. The minimum absolute atomic E-state index is 0.140. The first-order valence-corrected chi connectivity index (χ1v) is 6.90. The van der Waals surface area contributed by atoms with Crippen LogP contribution in [0.3, 0.4) is 0 Å². The summed E-state index contributed by atoms with van der Waals surface area (Å²) in [5.41, 5.74) is -0.561. The topological polar surface area (TPSA) is 49.3 Å². The second kappa shape index (κ2) is 5.96. The number of hydrogen-bond acceptors (Lipinski definition) is 2. The van der Waals surface area contributed by atoms with Gasteiger partial charge in [-0.1, -0.05) is 15.9 Å². The van der Waals surface area contributed by atoms with Crippen molar-refractivity contribution in [3.8, 4) is 0 Å². The van der Waals surface area contributed by atoms with Gasteiger partial charge in [0.1, 0.15) is 17.2 Å². The van der Waals surface area contributed by atoms with Gasteiger partial charge in [-0.25, -0.2) is 8.78 Å². The molecule has 0 radical (unpaired) electrons. The van der Waals surface area contributed by atoms with Crippen LogP contribution in [-0.2, 0) is 0 Å². The number of amides is 1. The van der Waals surface area contributed by atoms with Crippen LogP contribution in [0, 0.1) is 11.6 Å². The summed E-state index contributed by atoms with van der Waals surface area (Å²) in [5.74, 6) is -2.52. The normalized spacial score (nSPS) is 23.2. The van der Waals surface area contributed by atoms with E-state index in [2.05, 4.69) is 21.2 Å². The monoisotopic (exact) mass is 333 g/mol.